The zero-order chi connectivity index (χ0) is 13.6. The Labute approximate surface area is 112 Å². The zero-order valence-corrected chi connectivity index (χ0v) is 12.1. The molecule has 0 aromatic rings. The molecule has 3 nitrogen and oxygen atoms in total. The van der Waals surface area contributed by atoms with E-state index in [1.807, 2.05) is 6.08 Å². The molecule has 1 amide bonds. The topological polar surface area (TPSA) is 55.1 Å². The lowest BCUT2D eigenvalue weighted by Crippen LogP contribution is -2.16. The van der Waals surface area contributed by atoms with Crippen molar-refractivity contribution in [2.45, 2.75) is 65.2 Å². The molecule has 0 spiro atoms. The number of carbonyl (C=O) groups excluding carboxylic acids is 1. The monoisotopic (exact) mass is 254 g/mol. The molecule has 3 heteroatoms. The SMILES string of the molecule is CCCCCCCCNCCCC=C(C)C(N)=O. The van der Waals surface area contributed by atoms with Gasteiger partial charge in [-0.15, -0.1) is 0 Å². The van der Waals surface area contributed by atoms with E-state index in [4.69, 9.17) is 5.73 Å². The fourth-order valence-electron chi connectivity index (χ4n) is 1.80. The molecule has 0 aliphatic carbocycles. The summed E-state index contributed by atoms with van der Waals surface area (Å²) in [5, 5.41) is 3.43. The third-order valence-corrected chi connectivity index (χ3v) is 3.10. The van der Waals surface area contributed by atoms with Gasteiger partial charge in [0.25, 0.3) is 0 Å². The molecule has 0 rings (SSSR count). The van der Waals surface area contributed by atoms with Gasteiger partial charge in [-0.1, -0.05) is 45.1 Å². The maximum Gasteiger partial charge on any atom is 0.244 e. The van der Waals surface area contributed by atoms with Crippen LogP contribution in [0.15, 0.2) is 11.6 Å². The van der Waals surface area contributed by atoms with E-state index in [9.17, 15) is 4.79 Å². The Morgan fingerprint density at radius 3 is 2.33 bits per heavy atom. The van der Waals surface area contributed by atoms with E-state index < -0.39 is 0 Å². The van der Waals surface area contributed by atoms with Crippen LogP contribution >= 0.6 is 0 Å². The van der Waals surface area contributed by atoms with Crippen molar-refractivity contribution < 1.29 is 4.79 Å². The van der Waals surface area contributed by atoms with Crippen LogP contribution in [0.3, 0.4) is 0 Å². The van der Waals surface area contributed by atoms with Gasteiger partial charge in [-0.05, 0) is 39.3 Å². The molecule has 0 bridgehead atoms. The van der Waals surface area contributed by atoms with Crippen molar-refractivity contribution in [2.75, 3.05) is 13.1 Å². The fourth-order valence-corrected chi connectivity index (χ4v) is 1.80. The van der Waals surface area contributed by atoms with E-state index >= 15 is 0 Å². The average molecular weight is 254 g/mol. The minimum atomic E-state index is -0.310. The van der Waals surface area contributed by atoms with Crippen molar-refractivity contribution in [2.24, 2.45) is 5.73 Å². The van der Waals surface area contributed by atoms with Gasteiger partial charge in [-0.25, -0.2) is 0 Å². The third-order valence-electron chi connectivity index (χ3n) is 3.10. The van der Waals surface area contributed by atoms with Gasteiger partial charge in [-0.3, -0.25) is 4.79 Å². The summed E-state index contributed by atoms with van der Waals surface area (Å²) in [7, 11) is 0. The van der Waals surface area contributed by atoms with Gasteiger partial charge in [0, 0.05) is 5.57 Å². The van der Waals surface area contributed by atoms with Crippen LogP contribution in [0.4, 0.5) is 0 Å². The molecule has 0 heterocycles. The number of nitrogens with two attached hydrogens (primary N) is 1. The highest BCUT2D eigenvalue weighted by Gasteiger charge is 1.95. The Kier molecular flexibility index (Phi) is 12.0. The van der Waals surface area contributed by atoms with Crippen molar-refractivity contribution in [3.63, 3.8) is 0 Å². The molecule has 18 heavy (non-hydrogen) atoms. The van der Waals surface area contributed by atoms with Gasteiger partial charge in [0.05, 0.1) is 0 Å². The van der Waals surface area contributed by atoms with Gasteiger partial charge in [0.1, 0.15) is 0 Å². The molecule has 0 atom stereocenters. The van der Waals surface area contributed by atoms with Gasteiger partial charge in [-0.2, -0.15) is 0 Å². The summed E-state index contributed by atoms with van der Waals surface area (Å²) in [6.07, 6.45) is 12.0. The van der Waals surface area contributed by atoms with Crippen molar-refractivity contribution in [3.8, 4) is 0 Å². The second kappa shape index (κ2) is 12.6. The number of rotatable bonds is 12. The normalized spacial score (nSPS) is 11.8. The predicted molar refractivity (Wildman–Crippen MR) is 78.4 cm³/mol. The van der Waals surface area contributed by atoms with Gasteiger partial charge in [0.2, 0.25) is 5.91 Å². The molecule has 0 fully saturated rings. The van der Waals surface area contributed by atoms with Crippen LogP contribution in [0.2, 0.25) is 0 Å². The Morgan fingerprint density at radius 2 is 1.67 bits per heavy atom. The summed E-state index contributed by atoms with van der Waals surface area (Å²) in [6, 6.07) is 0. The first-order valence-electron chi connectivity index (χ1n) is 7.35. The highest BCUT2D eigenvalue weighted by atomic mass is 16.1. The molecule has 0 aromatic carbocycles. The first-order chi connectivity index (χ1) is 8.68. The number of nitrogens with one attached hydrogen (secondary N) is 1. The van der Waals surface area contributed by atoms with Gasteiger partial charge >= 0.3 is 0 Å². The lowest BCUT2D eigenvalue weighted by Gasteiger charge is -2.03. The first-order valence-corrected chi connectivity index (χ1v) is 7.35. The number of allylic oxidation sites excluding steroid dienone is 1. The number of hydrogen-bond acceptors (Lipinski definition) is 2. The molecule has 0 unspecified atom stereocenters. The molecular weight excluding hydrogens is 224 g/mol. The fraction of sp³-hybridized carbons (Fsp3) is 0.800. The van der Waals surface area contributed by atoms with E-state index in [0.717, 1.165) is 25.9 Å². The number of amides is 1. The van der Waals surface area contributed by atoms with Crippen LogP contribution < -0.4 is 11.1 Å². The highest BCUT2D eigenvalue weighted by Crippen LogP contribution is 2.04. The van der Waals surface area contributed by atoms with Crippen LogP contribution in [0.5, 0.6) is 0 Å². The van der Waals surface area contributed by atoms with E-state index in [1.165, 1.54) is 38.5 Å². The summed E-state index contributed by atoms with van der Waals surface area (Å²) in [4.78, 5) is 10.8. The van der Waals surface area contributed by atoms with Crippen molar-refractivity contribution in [3.05, 3.63) is 11.6 Å². The third kappa shape index (κ3) is 11.6. The van der Waals surface area contributed by atoms with Gasteiger partial charge < -0.3 is 11.1 Å². The molecule has 0 aliphatic heterocycles. The average Bonchev–Trinajstić information content (AvgIpc) is 2.35. The minimum Gasteiger partial charge on any atom is -0.366 e. The largest absolute Gasteiger partial charge is 0.366 e. The molecule has 0 aromatic heterocycles. The Morgan fingerprint density at radius 1 is 1.06 bits per heavy atom. The maximum atomic E-state index is 10.8. The van der Waals surface area contributed by atoms with E-state index in [1.54, 1.807) is 6.92 Å². The number of primary amides is 1. The van der Waals surface area contributed by atoms with Crippen LogP contribution in [0.1, 0.15) is 65.2 Å². The summed E-state index contributed by atoms with van der Waals surface area (Å²) >= 11 is 0. The number of unbranched alkanes of at least 4 members (excludes halogenated alkanes) is 6. The Bertz CT molecular complexity index is 237. The standard InChI is InChI=1S/C15H30N2O/c1-3-4-5-6-7-9-12-17-13-10-8-11-14(2)15(16)18/h11,17H,3-10,12-13H2,1-2H3,(H2,16,18). The van der Waals surface area contributed by atoms with Gasteiger partial charge in [0.15, 0.2) is 0 Å². The summed E-state index contributed by atoms with van der Waals surface area (Å²) < 4.78 is 0. The summed E-state index contributed by atoms with van der Waals surface area (Å²) in [5.41, 5.74) is 5.82. The second-order valence-corrected chi connectivity index (χ2v) is 4.91. The van der Waals surface area contributed by atoms with Crippen LogP contribution in [0, 0.1) is 0 Å². The van der Waals surface area contributed by atoms with Crippen LogP contribution in [-0.2, 0) is 4.79 Å². The maximum absolute atomic E-state index is 10.8. The summed E-state index contributed by atoms with van der Waals surface area (Å²) in [6.45, 7) is 6.16. The van der Waals surface area contributed by atoms with Crippen LogP contribution in [-0.4, -0.2) is 19.0 Å². The molecule has 0 aliphatic rings. The van der Waals surface area contributed by atoms with Crippen molar-refractivity contribution in [1.82, 2.24) is 5.32 Å². The van der Waals surface area contributed by atoms with E-state index in [0.29, 0.717) is 5.57 Å². The second-order valence-electron chi connectivity index (χ2n) is 4.91. The van der Waals surface area contributed by atoms with Crippen molar-refractivity contribution in [1.29, 1.82) is 0 Å². The highest BCUT2D eigenvalue weighted by molar-refractivity contribution is 5.91. The molecular formula is C15H30N2O. The molecule has 0 radical (unpaired) electrons. The van der Waals surface area contributed by atoms with Crippen LogP contribution in [0.25, 0.3) is 0 Å². The predicted octanol–water partition coefficient (Wildman–Crippen LogP) is 3.15. The number of hydrogen-bond donors (Lipinski definition) is 2. The Balaban J connectivity index is 3.17. The first kappa shape index (κ1) is 17.2. The Hall–Kier alpha value is -0.830. The quantitative estimate of drug-likeness (QED) is 0.415. The lowest BCUT2D eigenvalue weighted by atomic mass is 10.1. The lowest BCUT2D eigenvalue weighted by molar-refractivity contribution is -0.114. The molecule has 3 N–H and O–H groups in total. The van der Waals surface area contributed by atoms with Crippen molar-refractivity contribution >= 4 is 5.91 Å². The smallest absolute Gasteiger partial charge is 0.244 e. The van der Waals surface area contributed by atoms with E-state index in [2.05, 4.69) is 12.2 Å². The zero-order valence-electron chi connectivity index (χ0n) is 12.1. The van der Waals surface area contributed by atoms with E-state index in [-0.39, 0.29) is 5.91 Å². The number of carbonyl (C=O) groups is 1. The summed E-state index contributed by atoms with van der Waals surface area (Å²) in [5.74, 6) is -0.310. The molecule has 106 valence electrons. The minimum absolute atomic E-state index is 0.310. The molecule has 0 saturated carbocycles. The molecule has 0 saturated heterocycles.